The molecule has 0 aromatic heterocycles. The van der Waals surface area contributed by atoms with Crippen molar-refractivity contribution in [3.05, 3.63) is 101 Å². The number of rotatable bonds is 11. The Morgan fingerprint density at radius 2 is 1.63 bits per heavy atom. The highest BCUT2D eigenvalue weighted by Crippen LogP contribution is 2.21. The largest absolute Gasteiger partial charge is 0.497 e. The molecule has 2 amide bonds. The molecular weight excluding hydrogens is 460 g/mol. The summed E-state index contributed by atoms with van der Waals surface area (Å²) in [6, 6.07) is 24.2. The van der Waals surface area contributed by atoms with Crippen LogP contribution in [0, 0.1) is 0 Å². The predicted molar refractivity (Wildman–Crippen MR) is 141 cm³/mol. The summed E-state index contributed by atoms with van der Waals surface area (Å²) in [5, 5.41) is 3.65. The molecule has 0 aliphatic rings. The number of amides is 2. The summed E-state index contributed by atoms with van der Waals surface area (Å²) in [5.74, 6) is 0.433. The zero-order valence-corrected chi connectivity index (χ0v) is 21.3. The number of carbonyl (C=O) groups excluding carboxylic acids is 2. The highest BCUT2D eigenvalue weighted by Gasteiger charge is 2.30. The first-order valence-electron chi connectivity index (χ1n) is 11.9. The van der Waals surface area contributed by atoms with Crippen LogP contribution in [0.15, 0.2) is 78.9 Å². The van der Waals surface area contributed by atoms with Crippen LogP contribution in [0.2, 0.25) is 5.02 Å². The second-order valence-electron chi connectivity index (χ2n) is 8.83. The van der Waals surface area contributed by atoms with E-state index in [0.717, 1.165) is 16.7 Å². The van der Waals surface area contributed by atoms with Gasteiger partial charge in [-0.05, 0) is 55.2 Å². The minimum atomic E-state index is -0.662. The first-order valence-corrected chi connectivity index (χ1v) is 12.2. The van der Waals surface area contributed by atoms with Crippen LogP contribution < -0.4 is 10.1 Å². The van der Waals surface area contributed by atoms with E-state index in [1.165, 1.54) is 0 Å². The van der Waals surface area contributed by atoms with E-state index >= 15 is 0 Å². The Balaban J connectivity index is 1.93. The van der Waals surface area contributed by atoms with Gasteiger partial charge < -0.3 is 15.0 Å². The SMILES string of the molecule is COc1cccc(CN(C(=O)CCc2ccccc2Cl)[C@@H](Cc2ccccc2)C(=O)NC(C)C)c1. The second kappa shape index (κ2) is 13.0. The average Bonchev–Trinajstić information content (AvgIpc) is 2.85. The molecule has 0 radical (unpaired) electrons. The molecular formula is C29H33ClN2O3. The fourth-order valence-electron chi connectivity index (χ4n) is 3.99. The van der Waals surface area contributed by atoms with Gasteiger partial charge in [-0.1, -0.05) is 72.3 Å². The number of aryl methyl sites for hydroxylation is 1. The van der Waals surface area contributed by atoms with Gasteiger partial charge in [-0.3, -0.25) is 9.59 Å². The summed E-state index contributed by atoms with van der Waals surface area (Å²) < 4.78 is 5.37. The fraction of sp³-hybridized carbons (Fsp3) is 0.310. The van der Waals surface area contributed by atoms with Crippen molar-refractivity contribution in [1.82, 2.24) is 10.2 Å². The number of ether oxygens (including phenoxy) is 1. The number of carbonyl (C=O) groups is 2. The summed E-state index contributed by atoms with van der Waals surface area (Å²) in [6.07, 6.45) is 1.16. The molecule has 1 atom stereocenters. The van der Waals surface area contributed by atoms with Gasteiger partial charge in [-0.2, -0.15) is 0 Å². The highest BCUT2D eigenvalue weighted by molar-refractivity contribution is 6.31. The van der Waals surface area contributed by atoms with Crippen molar-refractivity contribution in [3.8, 4) is 5.75 Å². The molecule has 6 heteroatoms. The Bertz CT molecular complexity index is 1120. The molecule has 3 aromatic rings. The quantitative estimate of drug-likeness (QED) is 0.387. The van der Waals surface area contributed by atoms with E-state index in [2.05, 4.69) is 5.32 Å². The van der Waals surface area contributed by atoms with Gasteiger partial charge in [0.25, 0.3) is 0 Å². The molecule has 0 aliphatic heterocycles. The Morgan fingerprint density at radius 1 is 0.943 bits per heavy atom. The van der Waals surface area contributed by atoms with Gasteiger partial charge in [0.2, 0.25) is 11.8 Å². The van der Waals surface area contributed by atoms with Gasteiger partial charge in [-0.15, -0.1) is 0 Å². The first-order chi connectivity index (χ1) is 16.9. The third-order valence-electron chi connectivity index (χ3n) is 5.76. The maximum absolute atomic E-state index is 13.7. The fourth-order valence-corrected chi connectivity index (χ4v) is 4.22. The zero-order chi connectivity index (χ0) is 25.2. The van der Waals surface area contributed by atoms with Gasteiger partial charge in [-0.25, -0.2) is 0 Å². The zero-order valence-electron chi connectivity index (χ0n) is 20.5. The van der Waals surface area contributed by atoms with Crippen LogP contribution in [0.25, 0.3) is 0 Å². The van der Waals surface area contributed by atoms with E-state index in [1.807, 2.05) is 92.7 Å². The van der Waals surface area contributed by atoms with Gasteiger partial charge >= 0.3 is 0 Å². The predicted octanol–water partition coefficient (Wildman–Crippen LogP) is 5.45. The van der Waals surface area contributed by atoms with Crippen LogP contribution in [0.5, 0.6) is 5.75 Å². The van der Waals surface area contributed by atoms with Crippen molar-refractivity contribution < 1.29 is 14.3 Å². The van der Waals surface area contributed by atoms with Crippen LogP contribution in [-0.4, -0.2) is 35.9 Å². The van der Waals surface area contributed by atoms with Crippen molar-refractivity contribution in [2.75, 3.05) is 7.11 Å². The lowest BCUT2D eigenvalue weighted by atomic mass is 10.0. The molecule has 0 fully saturated rings. The van der Waals surface area contributed by atoms with Gasteiger partial charge in [0, 0.05) is 30.5 Å². The number of benzene rings is 3. The van der Waals surface area contributed by atoms with Gasteiger partial charge in [0.1, 0.15) is 11.8 Å². The van der Waals surface area contributed by atoms with Crippen LogP contribution in [-0.2, 0) is 29.0 Å². The second-order valence-corrected chi connectivity index (χ2v) is 9.24. The highest BCUT2D eigenvalue weighted by atomic mass is 35.5. The standard InChI is InChI=1S/C29H33ClN2O3/c1-21(2)31-29(34)27(19-22-10-5-4-6-11-22)32(20-23-12-9-14-25(18-23)35-3)28(33)17-16-24-13-7-8-15-26(24)30/h4-15,18,21,27H,16-17,19-20H2,1-3H3,(H,31,34)/t27-/m0/s1. The Kier molecular flexibility index (Phi) is 9.74. The van der Waals surface area contributed by atoms with Gasteiger partial charge in [0.15, 0.2) is 0 Å². The van der Waals surface area contributed by atoms with Crippen LogP contribution in [0.1, 0.15) is 37.0 Å². The summed E-state index contributed by atoms with van der Waals surface area (Å²) in [7, 11) is 1.61. The lowest BCUT2D eigenvalue weighted by molar-refractivity contribution is -0.141. The van der Waals surface area contributed by atoms with Crippen LogP contribution in [0.4, 0.5) is 0 Å². The minimum absolute atomic E-state index is 0.0438. The summed E-state index contributed by atoms with van der Waals surface area (Å²) >= 11 is 6.33. The molecule has 184 valence electrons. The monoisotopic (exact) mass is 492 g/mol. The number of halogens is 1. The summed E-state index contributed by atoms with van der Waals surface area (Å²) in [4.78, 5) is 28.8. The molecule has 0 bridgehead atoms. The Hall–Kier alpha value is -3.31. The molecule has 0 spiro atoms. The molecule has 0 unspecified atom stereocenters. The summed E-state index contributed by atoms with van der Waals surface area (Å²) in [5.41, 5.74) is 2.80. The van der Waals surface area contributed by atoms with Gasteiger partial charge in [0.05, 0.1) is 7.11 Å². The molecule has 3 aromatic carbocycles. The number of methoxy groups -OCH3 is 1. The molecule has 0 saturated heterocycles. The van der Waals surface area contributed by atoms with Crippen LogP contribution in [0.3, 0.4) is 0 Å². The number of hydrogen-bond donors (Lipinski definition) is 1. The van der Waals surface area contributed by atoms with Crippen molar-refractivity contribution in [1.29, 1.82) is 0 Å². The topological polar surface area (TPSA) is 58.6 Å². The smallest absolute Gasteiger partial charge is 0.243 e. The lowest BCUT2D eigenvalue weighted by Gasteiger charge is -2.32. The molecule has 0 heterocycles. The Labute approximate surface area is 213 Å². The van der Waals surface area contributed by atoms with Crippen molar-refractivity contribution in [2.24, 2.45) is 0 Å². The van der Waals surface area contributed by atoms with Crippen molar-refractivity contribution in [2.45, 2.75) is 51.7 Å². The summed E-state index contributed by atoms with van der Waals surface area (Å²) in [6.45, 7) is 4.13. The maximum atomic E-state index is 13.7. The van der Waals surface area contributed by atoms with E-state index in [0.29, 0.717) is 30.2 Å². The maximum Gasteiger partial charge on any atom is 0.243 e. The molecule has 1 N–H and O–H groups in total. The number of nitrogens with zero attached hydrogens (tertiary/aromatic N) is 1. The minimum Gasteiger partial charge on any atom is -0.497 e. The van der Waals surface area contributed by atoms with Crippen molar-refractivity contribution in [3.63, 3.8) is 0 Å². The lowest BCUT2D eigenvalue weighted by Crippen LogP contribution is -2.51. The number of nitrogens with one attached hydrogen (secondary N) is 1. The van der Waals surface area contributed by atoms with E-state index in [9.17, 15) is 9.59 Å². The first kappa shape index (κ1) is 26.3. The third-order valence-corrected chi connectivity index (χ3v) is 6.12. The normalized spacial score (nSPS) is 11.7. The molecule has 5 nitrogen and oxygen atoms in total. The molecule has 35 heavy (non-hydrogen) atoms. The van der Waals surface area contributed by atoms with E-state index < -0.39 is 6.04 Å². The number of hydrogen-bond acceptors (Lipinski definition) is 3. The molecule has 0 aliphatic carbocycles. The molecule has 3 rings (SSSR count). The van der Waals surface area contributed by atoms with E-state index in [1.54, 1.807) is 12.0 Å². The third kappa shape index (κ3) is 7.86. The van der Waals surface area contributed by atoms with E-state index in [4.69, 9.17) is 16.3 Å². The molecule has 0 saturated carbocycles. The van der Waals surface area contributed by atoms with Crippen molar-refractivity contribution >= 4 is 23.4 Å². The Morgan fingerprint density at radius 3 is 2.31 bits per heavy atom. The van der Waals surface area contributed by atoms with E-state index in [-0.39, 0.29) is 24.3 Å². The van der Waals surface area contributed by atoms with Crippen LogP contribution >= 0.6 is 11.6 Å². The average molecular weight is 493 g/mol.